The van der Waals surface area contributed by atoms with Gasteiger partial charge in [-0.2, -0.15) is 0 Å². The van der Waals surface area contributed by atoms with Crippen LogP contribution in [-0.4, -0.2) is 11.1 Å². The summed E-state index contributed by atoms with van der Waals surface area (Å²) in [5.74, 6) is -9.18. The van der Waals surface area contributed by atoms with Crippen LogP contribution in [0.1, 0.15) is 10.4 Å². The van der Waals surface area contributed by atoms with Crippen molar-refractivity contribution in [1.29, 1.82) is 0 Å². The summed E-state index contributed by atoms with van der Waals surface area (Å²) in [6.45, 7) is 0. The Bertz CT molecular complexity index is 394. The maximum absolute atomic E-state index is 12.7. The molecule has 0 aliphatic rings. The van der Waals surface area contributed by atoms with Crippen LogP contribution >= 0.6 is 0 Å². The maximum atomic E-state index is 12.7. The number of hydrogen-bond donors (Lipinski definition) is 2. The number of amides is 1. The van der Waals surface area contributed by atoms with Crippen molar-refractivity contribution >= 4 is 5.91 Å². The SMILES string of the molecule is O=C(NO)c1cc(F)c(F)c(F)c1F. The second-order valence-corrected chi connectivity index (χ2v) is 2.29. The van der Waals surface area contributed by atoms with Crippen LogP contribution in [0.25, 0.3) is 0 Å². The van der Waals surface area contributed by atoms with Crippen LogP contribution < -0.4 is 5.48 Å². The molecule has 7 heteroatoms. The number of hydrogen-bond acceptors (Lipinski definition) is 2. The molecular formula is C7H3F4NO2. The molecule has 1 aromatic rings. The highest BCUT2D eigenvalue weighted by molar-refractivity contribution is 5.93. The molecule has 0 heterocycles. The van der Waals surface area contributed by atoms with Gasteiger partial charge in [-0.15, -0.1) is 0 Å². The third kappa shape index (κ3) is 1.53. The van der Waals surface area contributed by atoms with Gasteiger partial charge in [0.2, 0.25) is 0 Å². The Hall–Kier alpha value is -1.63. The average molecular weight is 209 g/mol. The van der Waals surface area contributed by atoms with Crippen LogP contribution in [0.3, 0.4) is 0 Å². The summed E-state index contributed by atoms with van der Waals surface area (Å²) in [6.07, 6.45) is 0. The van der Waals surface area contributed by atoms with E-state index in [1.165, 1.54) is 0 Å². The maximum Gasteiger partial charge on any atom is 0.277 e. The first kappa shape index (κ1) is 10.5. The minimum Gasteiger partial charge on any atom is -0.288 e. The van der Waals surface area contributed by atoms with Gasteiger partial charge in [0, 0.05) is 0 Å². The zero-order chi connectivity index (χ0) is 10.9. The predicted molar refractivity (Wildman–Crippen MR) is 35.5 cm³/mol. The zero-order valence-electron chi connectivity index (χ0n) is 6.44. The van der Waals surface area contributed by atoms with Crippen LogP contribution in [0.2, 0.25) is 0 Å². The topological polar surface area (TPSA) is 49.3 Å². The van der Waals surface area contributed by atoms with E-state index in [0.29, 0.717) is 0 Å². The number of rotatable bonds is 1. The van der Waals surface area contributed by atoms with Gasteiger partial charge in [0.15, 0.2) is 23.3 Å². The quantitative estimate of drug-likeness (QED) is 0.241. The summed E-state index contributed by atoms with van der Waals surface area (Å²) >= 11 is 0. The molecule has 3 nitrogen and oxygen atoms in total. The van der Waals surface area contributed by atoms with E-state index in [2.05, 4.69) is 0 Å². The van der Waals surface area contributed by atoms with Gasteiger partial charge in [0.1, 0.15) is 0 Å². The van der Waals surface area contributed by atoms with Crippen molar-refractivity contribution in [2.45, 2.75) is 0 Å². The molecule has 0 saturated carbocycles. The fourth-order valence-corrected chi connectivity index (χ4v) is 0.798. The molecule has 0 atom stereocenters. The summed E-state index contributed by atoms with van der Waals surface area (Å²) in [5.41, 5.74) is -0.160. The van der Waals surface area contributed by atoms with Crippen LogP contribution in [0.5, 0.6) is 0 Å². The highest BCUT2D eigenvalue weighted by Gasteiger charge is 2.22. The summed E-state index contributed by atoms with van der Waals surface area (Å²) in [6, 6.07) is 0.138. The Morgan fingerprint density at radius 1 is 1.14 bits per heavy atom. The fraction of sp³-hybridized carbons (Fsp3) is 0. The van der Waals surface area contributed by atoms with E-state index in [0.717, 1.165) is 5.48 Å². The molecule has 0 bridgehead atoms. The molecule has 2 N–H and O–H groups in total. The molecular weight excluding hydrogens is 206 g/mol. The van der Waals surface area contributed by atoms with Crippen molar-refractivity contribution in [2.75, 3.05) is 0 Å². The first-order chi connectivity index (χ1) is 6.49. The number of carbonyl (C=O) groups excluding carboxylic acids is 1. The molecule has 0 unspecified atom stereocenters. The second kappa shape index (κ2) is 3.62. The van der Waals surface area contributed by atoms with Gasteiger partial charge in [-0.3, -0.25) is 10.0 Å². The highest BCUT2D eigenvalue weighted by atomic mass is 19.2. The minimum absolute atomic E-state index is 0.138. The lowest BCUT2D eigenvalue weighted by Crippen LogP contribution is -2.21. The van der Waals surface area contributed by atoms with Gasteiger partial charge in [-0.05, 0) is 6.07 Å². The van der Waals surface area contributed by atoms with E-state index in [9.17, 15) is 22.4 Å². The molecule has 0 aliphatic carbocycles. The van der Waals surface area contributed by atoms with Crippen LogP contribution in [0.4, 0.5) is 17.6 Å². The molecule has 1 amide bonds. The molecule has 0 spiro atoms. The summed E-state index contributed by atoms with van der Waals surface area (Å²) in [4.78, 5) is 10.6. The van der Waals surface area contributed by atoms with Crippen molar-refractivity contribution in [1.82, 2.24) is 5.48 Å². The molecule has 1 rings (SSSR count). The fourth-order valence-electron chi connectivity index (χ4n) is 0.798. The lowest BCUT2D eigenvalue weighted by atomic mass is 10.2. The highest BCUT2D eigenvalue weighted by Crippen LogP contribution is 2.18. The summed E-state index contributed by atoms with van der Waals surface area (Å²) < 4.78 is 50.1. The number of halogens is 4. The largest absolute Gasteiger partial charge is 0.288 e. The van der Waals surface area contributed by atoms with E-state index in [4.69, 9.17) is 5.21 Å². The third-order valence-electron chi connectivity index (χ3n) is 1.45. The molecule has 0 saturated heterocycles. The Morgan fingerprint density at radius 3 is 2.21 bits per heavy atom. The van der Waals surface area contributed by atoms with Gasteiger partial charge in [-0.25, -0.2) is 23.0 Å². The van der Waals surface area contributed by atoms with Crippen LogP contribution in [0.15, 0.2) is 6.07 Å². The lowest BCUT2D eigenvalue weighted by Gasteiger charge is -2.03. The molecule has 76 valence electrons. The Morgan fingerprint density at radius 2 is 1.71 bits per heavy atom. The minimum atomic E-state index is -2.11. The monoisotopic (exact) mass is 209 g/mol. The molecule has 14 heavy (non-hydrogen) atoms. The van der Waals surface area contributed by atoms with Gasteiger partial charge in [-0.1, -0.05) is 0 Å². The Kier molecular flexibility index (Phi) is 2.70. The third-order valence-corrected chi connectivity index (χ3v) is 1.45. The van der Waals surface area contributed by atoms with E-state index in [-0.39, 0.29) is 6.07 Å². The lowest BCUT2D eigenvalue weighted by molar-refractivity contribution is 0.0699. The summed E-state index contributed by atoms with van der Waals surface area (Å²) in [7, 11) is 0. The summed E-state index contributed by atoms with van der Waals surface area (Å²) in [5, 5.41) is 8.06. The Balaban J connectivity index is 3.40. The molecule has 0 aliphatic heterocycles. The normalized spacial score (nSPS) is 10.1. The standard InChI is InChI=1S/C7H3F4NO2/c8-3-1-2(7(13)12-14)4(9)6(11)5(3)10/h1,14H,(H,12,13). The first-order valence-corrected chi connectivity index (χ1v) is 3.26. The van der Waals surface area contributed by atoms with E-state index >= 15 is 0 Å². The van der Waals surface area contributed by atoms with Crippen LogP contribution in [-0.2, 0) is 0 Å². The number of carbonyl (C=O) groups is 1. The smallest absolute Gasteiger partial charge is 0.277 e. The van der Waals surface area contributed by atoms with Gasteiger partial charge in [0.25, 0.3) is 5.91 Å². The van der Waals surface area contributed by atoms with E-state index in [1.54, 1.807) is 0 Å². The van der Waals surface area contributed by atoms with Gasteiger partial charge in [0.05, 0.1) is 5.56 Å². The van der Waals surface area contributed by atoms with Gasteiger partial charge < -0.3 is 0 Å². The zero-order valence-corrected chi connectivity index (χ0v) is 6.44. The number of nitrogens with one attached hydrogen (secondary N) is 1. The van der Waals surface area contributed by atoms with Gasteiger partial charge >= 0.3 is 0 Å². The molecule has 0 fully saturated rings. The second-order valence-electron chi connectivity index (χ2n) is 2.29. The number of hydroxylamine groups is 1. The predicted octanol–water partition coefficient (Wildman–Crippen LogP) is 1.36. The molecule has 0 aromatic heterocycles. The van der Waals surface area contributed by atoms with Crippen molar-refractivity contribution in [3.63, 3.8) is 0 Å². The first-order valence-electron chi connectivity index (χ1n) is 3.26. The van der Waals surface area contributed by atoms with Crippen molar-refractivity contribution in [2.24, 2.45) is 0 Å². The van der Waals surface area contributed by atoms with Crippen molar-refractivity contribution in [3.05, 3.63) is 34.9 Å². The van der Waals surface area contributed by atoms with E-state index in [1.807, 2.05) is 0 Å². The molecule has 0 radical (unpaired) electrons. The van der Waals surface area contributed by atoms with E-state index < -0.39 is 34.7 Å². The van der Waals surface area contributed by atoms with Crippen molar-refractivity contribution < 1.29 is 27.6 Å². The Labute approximate surface area is 74.9 Å². The molecule has 1 aromatic carbocycles. The van der Waals surface area contributed by atoms with Crippen molar-refractivity contribution in [3.8, 4) is 0 Å². The van der Waals surface area contributed by atoms with Crippen LogP contribution in [0, 0.1) is 23.3 Å². The number of benzene rings is 1. The average Bonchev–Trinajstić information content (AvgIpc) is 2.19.